The molecule has 74 heavy (non-hydrogen) atoms. The zero-order chi connectivity index (χ0) is 54.0. The van der Waals surface area contributed by atoms with Gasteiger partial charge in [-0.25, -0.2) is 0 Å². The van der Waals surface area contributed by atoms with Crippen molar-refractivity contribution in [2.75, 3.05) is 13.2 Å². The molecule has 9 atom stereocenters. The van der Waals surface area contributed by atoms with E-state index in [9.17, 15) is 40.5 Å². The second-order valence-electron chi connectivity index (χ2n) is 22.1. The molecule has 0 spiro atoms. The summed E-state index contributed by atoms with van der Waals surface area (Å²) < 4.78 is 11.1. The molecule has 0 aliphatic carbocycles. The van der Waals surface area contributed by atoms with Crippen LogP contribution in [0.15, 0.2) is 36.5 Å². The first-order chi connectivity index (χ1) is 36.2. The summed E-state index contributed by atoms with van der Waals surface area (Å²) in [5, 5.41) is 76.2. The highest BCUT2D eigenvalue weighted by Crippen LogP contribution is 2.23. The van der Waals surface area contributed by atoms with Gasteiger partial charge in [0.15, 0.2) is 6.29 Å². The van der Waals surface area contributed by atoms with Gasteiger partial charge < -0.3 is 50.5 Å². The van der Waals surface area contributed by atoms with Crippen molar-refractivity contribution in [3.8, 4) is 0 Å². The van der Waals surface area contributed by atoms with Gasteiger partial charge in [-0.1, -0.05) is 262 Å². The van der Waals surface area contributed by atoms with Crippen molar-refractivity contribution < 1.29 is 50.0 Å². The number of carbonyl (C=O) groups excluding carboxylic acids is 1. The number of unbranched alkanes of at least 4 members (excludes halogenated alkanes) is 36. The van der Waals surface area contributed by atoms with Gasteiger partial charge in [-0.3, -0.25) is 4.79 Å². The first kappa shape index (κ1) is 70.3. The van der Waals surface area contributed by atoms with Crippen LogP contribution in [0, 0.1) is 0 Å². The van der Waals surface area contributed by atoms with E-state index in [1.165, 1.54) is 199 Å². The summed E-state index contributed by atoms with van der Waals surface area (Å²) in [5.74, 6) is -0.708. The highest BCUT2D eigenvalue weighted by Gasteiger charge is 2.44. The number of ether oxygens (including phenoxy) is 2. The molecule has 1 rings (SSSR count). The molecule has 1 amide bonds. The molecule has 1 heterocycles. The molecule has 8 N–H and O–H groups in total. The number of hydrogen-bond acceptors (Lipinski definition) is 10. The molecule has 1 aliphatic rings. The van der Waals surface area contributed by atoms with Crippen molar-refractivity contribution in [3.63, 3.8) is 0 Å². The molecule has 1 saturated heterocycles. The van der Waals surface area contributed by atoms with Gasteiger partial charge in [0.1, 0.15) is 36.6 Å². The van der Waals surface area contributed by atoms with Gasteiger partial charge in [0.2, 0.25) is 5.91 Å². The average molecular weight is 1050 g/mol. The van der Waals surface area contributed by atoms with Gasteiger partial charge in [-0.05, 0) is 64.2 Å². The molecule has 1 fully saturated rings. The van der Waals surface area contributed by atoms with Crippen LogP contribution in [0.4, 0.5) is 0 Å². The number of allylic oxidation sites excluding steroid dienone is 6. The third kappa shape index (κ3) is 39.7. The van der Waals surface area contributed by atoms with Crippen LogP contribution in [-0.2, 0) is 14.3 Å². The SMILES string of the molecule is CCCCCCCCCCCC/C=C/CC/C=C/CC/C=C/CCCC(O)C(O)C(COC1OC(CO)C(O)C(O)C1O)NC(=O)C(O)CCCCCCCCCCCCCCCCCCCCCCCCCC. The molecule has 436 valence electrons. The van der Waals surface area contributed by atoms with Crippen molar-refractivity contribution in [1.29, 1.82) is 0 Å². The topological polar surface area (TPSA) is 189 Å². The maximum Gasteiger partial charge on any atom is 0.249 e. The smallest absolute Gasteiger partial charge is 0.249 e. The van der Waals surface area contributed by atoms with Gasteiger partial charge in [-0.15, -0.1) is 0 Å². The Balaban J connectivity index is 2.30. The second kappa shape index (κ2) is 52.1. The lowest BCUT2D eigenvalue weighted by atomic mass is 9.98. The number of amides is 1. The third-order valence-electron chi connectivity index (χ3n) is 15.2. The van der Waals surface area contributed by atoms with Crippen LogP contribution in [0.25, 0.3) is 0 Å². The molecule has 11 heteroatoms. The van der Waals surface area contributed by atoms with E-state index in [-0.39, 0.29) is 12.8 Å². The Kier molecular flexibility index (Phi) is 49.5. The lowest BCUT2D eigenvalue weighted by Gasteiger charge is -2.40. The minimum Gasteiger partial charge on any atom is -0.394 e. The summed E-state index contributed by atoms with van der Waals surface area (Å²) in [5.41, 5.74) is 0. The standard InChI is InChI=1S/C63H119NO10/c1-3-5-7-9-11-13-15-17-19-21-23-25-27-29-31-33-35-37-39-41-43-45-47-49-51-56(67)62(72)64-54(53-73-63-61(71)60(70)59(69)57(52-65)74-63)58(68)55(66)50-48-46-44-42-40-38-36-34-32-30-28-26-24-22-20-18-16-14-12-10-8-6-4-2/h26,28,34,36,42,44,54-61,63,65-71H,3-25,27,29-33,35,37-41,43,45-53H2,1-2H3,(H,64,72)/b28-26+,36-34+,44-42+. The zero-order valence-electron chi connectivity index (χ0n) is 47.8. The van der Waals surface area contributed by atoms with E-state index in [1.807, 2.05) is 0 Å². The number of nitrogens with one attached hydrogen (secondary N) is 1. The van der Waals surface area contributed by atoms with Gasteiger partial charge in [-0.2, -0.15) is 0 Å². The Hall–Kier alpha value is -1.67. The summed E-state index contributed by atoms with van der Waals surface area (Å²) in [4.78, 5) is 13.2. The van der Waals surface area contributed by atoms with Crippen LogP contribution >= 0.6 is 0 Å². The number of aliphatic hydroxyl groups is 7. The summed E-state index contributed by atoms with van der Waals surface area (Å²) in [6.45, 7) is 3.47. The minimum absolute atomic E-state index is 0.243. The van der Waals surface area contributed by atoms with Crippen molar-refractivity contribution in [3.05, 3.63) is 36.5 Å². The highest BCUT2D eigenvalue weighted by atomic mass is 16.7. The molecule has 0 aromatic rings. The summed E-state index contributed by atoms with van der Waals surface area (Å²) >= 11 is 0. The van der Waals surface area contributed by atoms with Crippen LogP contribution in [0.5, 0.6) is 0 Å². The predicted octanol–water partition coefficient (Wildman–Crippen LogP) is 13.9. The van der Waals surface area contributed by atoms with Crippen molar-refractivity contribution in [1.82, 2.24) is 5.32 Å². The highest BCUT2D eigenvalue weighted by molar-refractivity contribution is 5.80. The van der Waals surface area contributed by atoms with Gasteiger partial charge >= 0.3 is 0 Å². The van der Waals surface area contributed by atoms with Gasteiger partial charge in [0.25, 0.3) is 0 Å². The van der Waals surface area contributed by atoms with Crippen molar-refractivity contribution in [2.45, 2.75) is 345 Å². The van der Waals surface area contributed by atoms with Crippen LogP contribution in [-0.4, -0.2) is 110 Å². The number of aliphatic hydroxyl groups excluding tert-OH is 7. The molecular weight excluding hydrogens is 931 g/mol. The monoisotopic (exact) mass is 1050 g/mol. The van der Waals surface area contributed by atoms with E-state index in [4.69, 9.17) is 9.47 Å². The number of carbonyl (C=O) groups is 1. The summed E-state index contributed by atoms with van der Waals surface area (Å²) in [6, 6.07) is -1.19. The normalized spacial score (nSPS) is 20.0. The Labute approximate surface area is 454 Å². The molecule has 9 unspecified atom stereocenters. The molecule has 11 nitrogen and oxygen atoms in total. The Morgan fingerprint density at radius 1 is 0.459 bits per heavy atom. The molecule has 0 radical (unpaired) electrons. The third-order valence-corrected chi connectivity index (χ3v) is 15.2. The Bertz CT molecular complexity index is 1300. The van der Waals surface area contributed by atoms with Crippen LogP contribution in [0.2, 0.25) is 0 Å². The van der Waals surface area contributed by atoms with E-state index in [0.29, 0.717) is 19.3 Å². The van der Waals surface area contributed by atoms with Gasteiger partial charge in [0, 0.05) is 0 Å². The Morgan fingerprint density at radius 2 is 0.811 bits per heavy atom. The lowest BCUT2D eigenvalue weighted by molar-refractivity contribution is -0.303. The maximum atomic E-state index is 13.2. The quantitative estimate of drug-likeness (QED) is 0.0215. The van der Waals surface area contributed by atoms with E-state index < -0.39 is 74.2 Å². The predicted molar refractivity (Wildman–Crippen MR) is 307 cm³/mol. The second-order valence-corrected chi connectivity index (χ2v) is 22.1. The van der Waals surface area contributed by atoms with E-state index in [0.717, 1.165) is 44.9 Å². The van der Waals surface area contributed by atoms with Crippen molar-refractivity contribution in [2.24, 2.45) is 0 Å². The molecular formula is C63H119NO10. The summed E-state index contributed by atoms with van der Waals surface area (Å²) in [6.07, 6.45) is 53.5. The first-order valence-corrected chi connectivity index (χ1v) is 31.4. The zero-order valence-corrected chi connectivity index (χ0v) is 47.8. The molecule has 0 saturated carbocycles. The molecule has 0 bridgehead atoms. The molecule has 0 aromatic heterocycles. The lowest BCUT2D eigenvalue weighted by Crippen LogP contribution is -2.60. The average Bonchev–Trinajstić information content (AvgIpc) is 3.40. The molecule has 0 aromatic carbocycles. The summed E-state index contributed by atoms with van der Waals surface area (Å²) in [7, 11) is 0. The van der Waals surface area contributed by atoms with Crippen LogP contribution in [0.1, 0.15) is 290 Å². The van der Waals surface area contributed by atoms with Crippen LogP contribution in [0.3, 0.4) is 0 Å². The minimum atomic E-state index is -1.67. The fourth-order valence-electron chi connectivity index (χ4n) is 10.1. The van der Waals surface area contributed by atoms with E-state index in [1.54, 1.807) is 0 Å². The number of rotatable bonds is 54. The maximum absolute atomic E-state index is 13.2. The first-order valence-electron chi connectivity index (χ1n) is 31.4. The fraction of sp³-hybridized carbons (Fsp3) is 0.889. The van der Waals surface area contributed by atoms with Crippen LogP contribution < -0.4 is 5.32 Å². The fourth-order valence-corrected chi connectivity index (χ4v) is 10.1. The van der Waals surface area contributed by atoms with Gasteiger partial charge in [0.05, 0.1) is 25.4 Å². The van der Waals surface area contributed by atoms with E-state index in [2.05, 4.69) is 55.6 Å². The number of hydrogen-bond donors (Lipinski definition) is 8. The van der Waals surface area contributed by atoms with Crippen molar-refractivity contribution >= 4 is 5.91 Å². The molecule has 1 aliphatic heterocycles. The largest absolute Gasteiger partial charge is 0.394 e. The Morgan fingerprint density at radius 3 is 1.20 bits per heavy atom. The van der Waals surface area contributed by atoms with E-state index >= 15 is 0 Å².